The molecular weight excluding hydrogens is 544 g/mol. The van der Waals surface area contributed by atoms with Crippen LogP contribution in [0.4, 0.5) is 10.5 Å². The van der Waals surface area contributed by atoms with E-state index in [0.29, 0.717) is 28.5 Å². The molecule has 1 saturated carbocycles. The fourth-order valence-electron chi connectivity index (χ4n) is 4.91. The van der Waals surface area contributed by atoms with E-state index < -0.39 is 23.6 Å². The van der Waals surface area contributed by atoms with E-state index in [1.165, 1.54) is 11.3 Å². The second kappa shape index (κ2) is 10.4. The minimum atomic E-state index is -0.758. The Hall–Kier alpha value is -4.20. The maximum atomic E-state index is 13.0. The number of halogens is 1. The number of carbonyl (C=O) groups excluding carboxylic acids is 1. The van der Waals surface area contributed by atoms with Gasteiger partial charge < -0.3 is 9.84 Å². The number of carboxylic acid groups (broad SMARTS) is 1. The number of nitrogens with zero attached hydrogens (tertiary/aromatic N) is 1. The highest BCUT2D eigenvalue weighted by Gasteiger charge is 2.51. The van der Waals surface area contributed by atoms with E-state index in [2.05, 4.69) is 10.3 Å². The van der Waals surface area contributed by atoms with Gasteiger partial charge in [-0.05, 0) is 59.7 Å². The van der Waals surface area contributed by atoms with Crippen molar-refractivity contribution in [1.82, 2.24) is 4.98 Å². The molecule has 0 unspecified atom stereocenters. The lowest BCUT2D eigenvalue weighted by Crippen LogP contribution is -2.19. The zero-order chi connectivity index (χ0) is 27.9. The van der Waals surface area contributed by atoms with Gasteiger partial charge in [0, 0.05) is 5.39 Å². The van der Waals surface area contributed by atoms with Gasteiger partial charge in [-0.1, -0.05) is 90.5 Å². The van der Waals surface area contributed by atoms with Crippen LogP contribution in [0.15, 0.2) is 91.0 Å². The number of carbonyl (C=O) groups is 2. The third-order valence-electron chi connectivity index (χ3n) is 7.38. The number of fused-ring (bicyclic) bond motifs is 1. The van der Waals surface area contributed by atoms with Gasteiger partial charge in [0.2, 0.25) is 0 Å². The number of rotatable bonds is 7. The minimum absolute atomic E-state index is 0.377. The molecule has 2 heterocycles. The van der Waals surface area contributed by atoms with Crippen molar-refractivity contribution in [3.8, 4) is 21.6 Å². The van der Waals surface area contributed by atoms with Crippen LogP contribution in [0.1, 0.15) is 37.0 Å². The number of benzene rings is 3. The maximum absolute atomic E-state index is 13.0. The number of amides is 1. The van der Waals surface area contributed by atoms with Gasteiger partial charge in [-0.2, -0.15) is 0 Å². The first-order valence-corrected chi connectivity index (χ1v) is 14.1. The molecule has 6 nitrogen and oxygen atoms in total. The molecule has 2 N–H and O–H groups in total. The van der Waals surface area contributed by atoms with Gasteiger partial charge in [0.15, 0.2) is 0 Å². The average Bonchev–Trinajstić information content (AvgIpc) is 3.72. The molecule has 0 aliphatic heterocycles. The second-order valence-electron chi connectivity index (χ2n) is 9.92. The lowest BCUT2D eigenvalue weighted by atomic mass is 9.93. The van der Waals surface area contributed by atoms with Gasteiger partial charge in [0.25, 0.3) is 0 Å². The van der Waals surface area contributed by atoms with Crippen molar-refractivity contribution < 1.29 is 19.4 Å². The summed E-state index contributed by atoms with van der Waals surface area (Å²) >= 11 is 7.61. The van der Waals surface area contributed by atoms with Crippen LogP contribution in [-0.2, 0) is 14.9 Å². The van der Waals surface area contributed by atoms with Crippen LogP contribution < -0.4 is 5.32 Å². The SMILES string of the molecule is C[C@@H](OC(=O)Nc1c(-c2ccc(-c3ccc(C4(C(=O)O)CC4)cc3)cc2)sc2nc(Cl)ccc12)c1ccccc1. The molecule has 0 saturated heterocycles. The number of carboxylic acids is 1. The number of aliphatic carboxylic acids is 1. The van der Waals surface area contributed by atoms with Crippen molar-refractivity contribution in [1.29, 1.82) is 0 Å². The normalized spacial score (nSPS) is 14.4. The molecule has 5 aromatic rings. The van der Waals surface area contributed by atoms with Crippen LogP contribution in [0.25, 0.3) is 31.8 Å². The van der Waals surface area contributed by atoms with Gasteiger partial charge in [-0.15, -0.1) is 11.3 Å². The zero-order valence-electron chi connectivity index (χ0n) is 21.6. The number of anilines is 1. The largest absolute Gasteiger partial charge is 0.481 e. The molecule has 8 heteroatoms. The van der Waals surface area contributed by atoms with Crippen molar-refractivity contribution >= 4 is 50.9 Å². The highest BCUT2D eigenvalue weighted by atomic mass is 35.5. The molecule has 1 atom stereocenters. The van der Waals surface area contributed by atoms with E-state index in [9.17, 15) is 14.7 Å². The summed E-state index contributed by atoms with van der Waals surface area (Å²) in [5, 5.41) is 13.7. The second-order valence-corrected chi connectivity index (χ2v) is 11.3. The van der Waals surface area contributed by atoms with Crippen LogP contribution in [0, 0.1) is 0 Å². The molecule has 1 aliphatic carbocycles. The number of pyridine rings is 1. The van der Waals surface area contributed by atoms with Gasteiger partial charge in [0.1, 0.15) is 16.1 Å². The smallest absolute Gasteiger partial charge is 0.412 e. The molecule has 1 amide bonds. The molecular formula is C32H25ClN2O4S. The Bertz CT molecular complexity index is 1710. The number of hydrogen-bond acceptors (Lipinski definition) is 5. The van der Waals surface area contributed by atoms with Crippen molar-refractivity contribution in [2.75, 3.05) is 5.32 Å². The van der Waals surface area contributed by atoms with Crippen molar-refractivity contribution in [3.05, 3.63) is 107 Å². The van der Waals surface area contributed by atoms with Crippen LogP contribution in [-0.4, -0.2) is 22.2 Å². The molecule has 0 spiro atoms. The Morgan fingerprint density at radius 1 is 0.925 bits per heavy atom. The standard InChI is InChI=1S/C32H25ClN2O4S/c1-19(20-5-3-2-4-6-20)39-31(38)35-27-25-15-16-26(33)34-29(25)40-28(27)23-9-7-21(8-10-23)22-11-13-24(14-12-22)32(17-18-32)30(36)37/h2-16,19H,17-18H2,1H3,(H,35,38)(H,36,37)/t19-/m1/s1. The number of nitrogens with one attached hydrogen (secondary N) is 1. The van der Waals surface area contributed by atoms with Crippen LogP contribution in [0.2, 0.25) is 5.15 Å². The Balaban J connectivity index is 1.27. The summed E-state index contributed by atoms with van der Waals surface area (Å²) in [6, 6.07) is 28.9. The third-order valence-corrected chi connectivity index (χ3v) is 8.74. The van der Waals surface area contributed by atoms with Crippen molar-refractivity contribution in [3.63, 3.8) is 0 Å². The van der Waals surface area contributed by atoms with Gasteiger partial charge in [-0.25, -0.2) is 9.78 Å². The quantitative estimate of drug-likeness (QED) is 0.192. The predicted octanol–water partition coefficient (Wildman–Crippen LogP) is 8.71. The highest BCUT2D eigenvalue weighted by molar-refractivity contribution is 7.22. The summed E-state index contributed by atoms with van der Waals surface area (Å²) < 4.78 is 5.67. The van der Waals surface area contributed by atoms with Gasteiger partial charge in [0.05, 0.1) is 16.0 Å². The van der Waals surface area contributed by atoms with E-state index in [-0.39, 0.29) is 0 Å². The molecule has 1 aliphatic rings. The summed E-state index contributed by atoms with van der Waals surface area (Å²) in [6.07, 6.45) is 0.387. The first-order chi connectivity index (χ1) is 19.3. The Labute approximate surface area is 240 Å². The molecule has 40 heavy (non-hydrogen) atoms. The Kier molecular flexibility index (Phi) is 6.78. The molecule has 200 valence electrons. The molecule has 0 bridgehead atoms. The van der Waals surface area contributed by atoms with E-state index in [1.807, 2.05) is 91.9 Å². The van der Waals surface area contributed by atoms with E-state index in [0.717, 1.165) is 38.1 Å². The van der Waals surface area contributed by atoms with E-state index in [1.54, 1.807) is 6.07 Å². The summed E-state index contributed by atoms with van der Waals surface area (Å²) in [5.74, 6) is -0.758. The maximum Gasteiger partial charge on any atom is 0.412 e. The van der Waals surface area contributed by atoms with E-state index in [4.69, 9.17) is 16.3 Å². The van der Waals surface area contributed by atoms with E-state index >= 15 is 0 Å². The zero-order valence-corrected chi connectivity index (χ0v) is 23.1. The Morgan fingerprint density at radius 2 is 1.55 bits per heavy atom. The molecule has 6 rings (SSSR count). The molecule has 2 aromatic heterocycles. The van der Waals surface area contributed by atoms with Gasteiger partial charge >= 0.3 is 12.1 Å². The predicted molar refractivity (Wildman–Crippen MR) is 159 cm³/mol. The molecule has 0 radical (unpaired) electrons. The lowest BCUT2D eigenvalue weighted by molar-refractivity contribution is -0.140. The first-order valence-electron chi connectivity index (χ1n) is 12.9. The van der Waals surface area contributed by atoms with Crippen LogP contribution in [0.3, 0.4) is 0 Å². The lowest BCUT2D eigenvalue weighted by Gasteiger charge is -2.15. The Morgan fingerprint density at radius 3 is 2.17 bits per heavy atom. The number of hydrogen-bond donors (Lipinski definition) is 2. The number of thiophene rings is 1. The fourth-order valence-corrected chi connectivity index (χ4v) is 6.25. The topological polar surface area (TPSA) is 88.5 Å². The van der Waals surface area contributed by atoms with Crippen molar-refractivity contribution in [2.45, 2.75) is 31.3 Å². The summed E-state index contributed by atoms with van der Waals surface area (Å²) in [4.78, 5) is 30.6. The average molecular weight is 569 g/mol. The number of aromatic nitrogens is 1. The van der Waals surface area contributed by atoms with Crippen LogP contribution >= 0.6 is 22.9 Å². The molecule has 3 aromatic carbocycles. The summed E-state index contributed by atoms with van der Waals surface area (Å²) in [6.45, 7) is 1.83. The molecule has 1 fully saturated rings. The summed E-state index contributed by atoms with van der Waals surface area (Å²) in [7, 11) is 0. The van der Waals surface area contributed by atoms with Crippen molar-refractivity contribution in [2.24, 2.45) is 0 Å². The van der Waals surface area contributed by atoms with Gasteiger partial charge in [-0.3, -0.25) is 10.1 Å². The van der Waals surface area contributed by atoms with Crippen LogP contribution in [0.5, 0.6) is 0 Å². The minimum Gasteiger partial charge on any atom is -0.481 e. The summed E-state index contributed by atoms with van der Waals surface area (Å²) in [5.41, 5.74) is 4.57. The fraction of sp³-hybridized carbons (Fsp3) is 0.156. The first kappa shape index (κ1) is 26.0. The highest BCUT2D eigenvalue weighted by Crippen LogP contribution is 2.49. The number of ether oxygens (including phenoxy) is 1. The third kappa shape index (κ3) is 4.94. The monoisotopic (exact) mass is 568 g/mol.